The number of para-hydroxylation sites is 1. The van der Waals surface area contributed by atoms with Gasteiger partial charge < -0.3 is 4.74 Å². The highest BCUT2D eigenvalue weighted by Gasteiger charge is 2.48. The first-order valence-corrected chi connectivity index (χ1v) is 11.6. The van der Waals surface area contributed by atoms with Crippen LogP contribution in [0.5, 0.6) is 5.75 Å². The average Bonchev–Trinajstić information content (AvgIpc) is 3.37. The molecular formula is C28H25N4O4+. The third kappa shape index (κ3) is 3.73. The van der Waals surface area contributed by atoms with Crippen LogP contribution >= 0.6 is 0 Å². The summed E-state index contributed by atoms with van der Waals surface area (Å²) in [7, 11) is 1.54. The molecule has 36 heavy (non-hydrogen) atoms. The number of H-pyrrole nitrogens is 1. The standard InChI is InChI=1S/C28H24N4O4/c1-4-22-23(27(34)32(29-22)20-8-6-5-7-9-20)24-25(30-16-14-18(2)15-17-30)28(35)31(26(24)33)19-10-12-21(36-3)13-11-19/h5-17H,4H2,1-3H3/p+1. The zero-order valence-electron chi connectivity index (χ0n) is 20.2. The second kappa shape index (κ2) is 9.14. The molecule has 0 radical (unpaired) electrons. The number of imide groups is 1. The second-order valence-electron chi connectivity index (χ2n) is 8.45. The molecule has 2 aromatic heterocycles. The number of methoxy groups -OCH3 is 1. The Labute approximate surface area is 207 Å². The van der Waals surface area contributed by atoms with Crippen molar-refractivity contribution in [2.45, 2.75) is 20.3 Å². The Morgan fingerprint density at radius 1 is 0.861 bits per heavy atom. The van der Waals surface area contributed by atoms with Crippen LogP contribution in [0.15, 0.2) is 83.9 Å². The summed E-state index contributed by atoms with van der Waals surface area (Å²) < 4.78 is 8.23. The summed E-state index contributed by atoms with van der Waals surface area (Å²) in [6.07, 6.45) is 3.91. The first-order valence-electron chi connectivity index (χ1n) is 11.6. The molecule has 5 rings (SSSR count). The molecule has 8 heteroatoms. The number of aromatic amines is 1. The van der Waals surface area contributed by atoms with E-state index >= 15 is 0 Å². The third-order valence-corrected chi connectivity index (χ3v) is 6.23. The number of hydrogen-bond acceptors (Lipinski definition) is 4. The summed E-state index contributed by atoms with van der Waals surface area (Å²) in [5, 5.41) is 3.14. The van der Waals surface area contributed by atoms with Gasteiger partial charge in [-0.3, -0.25) is 19.5 Å². The zero-order chi connectivity index (χ0) is 25.4. The fraction of sp³-hybridized carbons (Fsp3) is 0.143. The van der Waals surface area contributed by atoms with Crippen molar-refractivity contribution >= 4 is 28.8 Å². The number of carbonyl (C=O) groups is 2. The van der Waals surface area contributed by atoms with Crippen molar-refractivity contribution in [2.24, 2.45) is 0 Å². The summed E-state index contributed by atoms with van der Waals surface area (Å²) in [6, 6.07) is 19.5. The molecule has 0 fully saturated rings. The number of nitrogens with one attached hydrogen (secondary N) is 1. The first kappa shape index (κ1) is 23.0. The van der Waals surface area contributed by atoms with E-state index < -0.39 is 17.4 Å². The lowest BCUT2D eigenvalue weighted by Crippen LogP contribution is -2.39. The number of ether oxygens (including phenoxy) is 1. The molecule has 0 bridgehead atoms. The molecule has 4 aromatic rings. The normalized spacial score (nSPS) is 13.6. The Balaban J connectivity index is 1.75. The first-order chi connectivity index (χ1) is 17.4. The van der Waals surface area contributed by atoms with Crippen molar-refractivity contribution in [1.82, 2.24) is 9.78 Å². The lowest BCUT2D eigenvalue weighted by atomic mass is 10.0. The Kier molecular flexibility index (Phi) is 5.85. The van der Waals surface area contributed by atoms with Crippen LogP contribution in [-0.4, -0.2) is 28.7 Å². The van der Waals surface area contributed by atoms with Gasteiger partial charge in [0.15, 0.2) is 12.4 Å². The lowest BCUT2D eigenvalue weighted by Gasteiger charge is -2.14. The number of aromatic nitrogens is 3. The number of carbonyl (C=O) groups excluding carboxylic acids is 2. The topological polar surface area (TPSA) is 88.3 Å². The molecule has 2 amide bonds. The Morgan fingerprint density at radius 3 is 2.14 bits per heavy atom. The molecule has 0 saturated heterocycles. The molecule has 0 saturated carbocycles. The number of rotatable bonds is 6. The second-order valence-corrected chi connectivity index (χ2v) is 8.45. The van der Waals surface area contributed by atoms with Crippen molar-refractivity contribution < 1.29 is 18.9 Å². The van der Waals surface area contributed by atoms with Crippen LogP contribution in [0.3, 0.4) is 0 Å². The maximum Gasteiger partial charge on any atom is 0.331 e. The number of pyridine rings is 1. The predicted molar refractivity (Wildman–Crippen MR) is 136 cm³/mol. The summed E-state index contributed by atoms with van der Waals surface area (Å²) in [5.41, 5.74) is 2.59. The van der Waals surface area contributed by atoms with Crippen molar-refractivity contribution in [1.29, 1.82) is 0 Å². The fourth-order valence-electron chi connectivity index (χ4n) is 4.35. The van der Waals surface area contributed by atoms with Crippen LogP contribution in [0, 0.1) is 6.92 Å². The van der Waals surface area contributed by atoms with Crippen molar-refractivity contribution in [3.8, 4) is 11.4 Å². The van der Waals surface area contributed by atoms with E-state index in [1.54, 1.807) is 60.5 Å². The zero-order valence-corrected chi connectivity index (χ0v) is 20.2. The van der Waals surface area contributed by atoms with Gasteiger partial charge in [0.1, 0.15) is 11.3 Å². The molecule has 2 aromatic carbocycles. The van der Waals surface area contributed by atoms with E-state index in [2.05, 4.69) is 5.10 Å². The largest absolute Gasteiger partial charge is 0.497 e. The van der Waals surface area contributed by atoms with Gasteiger partial charge in [-0.25, -0.2) is 9.58 Å². The van der Waals surface area contributed by atoms with Crippen LogP contribution in [0.25, 0.3) is 17.0 Å². The maximum atomic E-state index is 13.9. The van der Waals surface area contributed by atoms with Crippen LogP contribution in [0.2, 0.25) is 0 Å². The van der Waals surface area contributed by atoms with Gasteiger partial charge in [-0.05, 0) is 55.3 Å². The van der Waals surface area contributed by atoms with E-state index in [1.165, 1.54) is 4.68 Å². The molecule has 180 valence electrons. The number of anilines is 1. The van der Waals surface area contributed by atoms with Gasteiger partial charge in [0.2, 0.25) is 0 Å². The van der Waals surface area contributed by atoms with E-state index in [4.69, 9.17) is 4.74 Å². The van der Waals surface area contributed by atoms with Gasteiger partial charge in [0, 0.05) is 17.8 Å². The maximum absolute atomic E-state index is 13.9. The van der Waals surface area contributed by atoms with Gasteiger partial charge in [-0.1, -0.05) is 25.1 Å². The molecule has 0 spiro atoms. The monoisotopic (exact) mass is 481 g/mol. The van der Waals surface area contributed by atoms with Gasteiger partial charge in [0.25, 0.3) is 17.2 Å². The van der Waals surface area contributed by atoms with Crippen molar-refractivity contribution in [3.63, 3.8) is 0 Å². The Bertz CT molecular complexity index is 1550. The minimum Gasteiger partial charge on any atom is -0.497 e. The molecule has 3 heterocycles. The highest BCUT2D eigenvalue weighted by atomic mass is 16.5. The molecule has 1 aliphatic heterocycles. The van der Waals surface area contributed by atoms with Crippen LogP contribution in [0.1, 0.15) is 23.7 Å². The van der Waals surface area contributed by atoms with E-state index in [-0.39, 0.29) is 16.8 Å². The third-order valence-electron chi connectivity index (χ3n) is 6.23. The molecular weight excluding hydrogens is 456 g/mol. The minimum atomic E-state index is -0.556. The molecule has 8 nitrogen and oxygen atoms in total. The molecule has 0 atom stereocenters. The number of aryl methyl sites for hydroxylation is 2. The van der Waals surface area contributed by atoms with Crippen LogP contribution < -0.4 is 19.8 Å². The quantitative estimate of drug-likeness (QED) is 0.338. The highest BCUT2D eigenvalue weighted by molar-refractivity contribution is 6.53. The number of benzene rings is 2. The van der Waals surface area contributed by atoms with Gasteiger partial charge in [0.05, 0.1) is 24.0 Å². The summed E-state index contributed by atoms with van der Waals surface area (Å²) >= 11 is 0. The Morgan fingerprint density at radius 2 is 1.53 bits per heavy atom. The fourth-order valence-corrected chi connectivity index (χ4v) is 4.35. The average molecular weight is 482 g/mol. The number of nitrogens with zero attached hydrogens (tertiary/aromatic N) is 3. The van der Waals surface area contributed by atoms with Gasteiger partial charge in [-0.2, -0.15) is 4.57 Å². The molecule has 1 N–H and O–H groups in total. The van der Waals surface area contributed by atoms with Crippen LogP contribution in [0.4, 0.5) is 5.69 Å². The summed E-state index contributed by atoms with van der Waals surface area (Å²) in [6.45, 7) is 3.83. The van der Waals surface area contributed by atoms with Crippen LogP contribution in [-0.2, 0) is 16.0 Å². The van der Waals surface area contributed by atoms with Crippen molar-refractivity contribution in [3.05, 3.63) is 106 Å². The summed E-state index contributed by atoms with van der Waals surface area (Å²) in [5.74, 6) is -0.467. The van der Waals surface area contributed by atoms with Gasteiger partial charge in [-0.15, -0.1) is 0 Å². The number of hydrogen-bond donors (Lipinski definition) is 1. The minimum absolute atomic E-state index is 0.0671. The van der Waals surface area contributed by atoms with Gasteiger partial charge >= 0.3 is 5.91 Å². The van der Waals surface area contributed by atoms with E-state index in [0.717, 1.165) is 10.5 Å². The van der Waals surface area contributed by atoms with E-state index in [0.29, 0.717) is 29.2 Å². The Hall–Kier alpha value is -4.72. The molecule has 0 unspecified atom stereocenters. The molecule has 0 aliphatic carbocycles. The van der Waals surface area contributed by atoms with E-state index in [9.17, 15) is 14.4 Å². The van der Waals surface area contributed by atoms with E-state index in [1.807, 2.05) is 44.2 Å². The smallest absolute Gasteiger partial charge is 0.331 e. The van der Waals surface area contributed by atoms with Crippen molar-refractivity contribution in [2.75, 3.05) is 12.0 Å². The SMILES string of the molecule is CCc1[nH]n(-c2ccccc2)c(=O)c1C1=C([n+]2ccc(C)cc2)C(=O)N(c2ccc(OC)cc2)C1=O. The number of amides is 2. The summed E-state index contributed by atoms with van der Waals surface area (Å²) in [4.78, 5) is 42.6. The predicted octanol–water partition coefficient (Wildman–Crippen LogP) is 3.27. The lowest BCUT2D eigenvalue weighted by molar-refractivity contribution is -0.576. The molecule has 1 aliphatic rings. The highest BCUT2D eigenvalue weighted by Crippen LogP contribution is 2.34.